The van der Waals surface area contributed by atoms with Gasteiger partial charge in [0.05, 0.1) is 11.0 Å². The van der Waals surface area contributed by atoms with Gasteiger partial charge in [-0.25, -0.2) is 9.50 Å². The summed E-state index contributed by atoms with van der Waals surface area (Å²) in [5.74, 6) is 1.40. The third-order valence-corrected chi connectivity index (χ3v) is 7.75. The monoisotopic (exact) mass is 533 g/mol. The van der Waals surface area contributed by atoms with Gasteiger partial charge in [-0.15, -0.1) is 5.10 Å². The maximum absolute atomic E-state index is 5.12. The summed E-state index contributed by atoms with van der Waals surface area (Å²) in [6.07, 6.45) is 2.04. The van der Waals surface area contributed by atoms with E-state index in [4.69, 9.17) is 20.1 Å². The van der Waals surface area contributed by atoms with Crippen molar-refractivity contribution in [3.8, 4) is 33.6 Å². The third-order valence-electron chi connectivity index (χ3n) is 7.75. The molecule has 0 unspecified atom stereocenters. The Labute approximate surface area is 239 Å². The largest absolute Gasteiger partial charge is 0.250 e. The van der Waals surface area contributed by atoms with Gasteiger partial charge in [-0.05, 0) is 58.9 Å². The predicted molar refractivity (Wildman–Crippen MR) is 168 cm³/mol. The van der Waals surface area contributed by atoms with Crippen molar-refractivity contribution < 1.29 is 0 Å². The summed E-state index contributed by atoms with van der Waals surface area (Å²) < 4.78 is 1.86. The Morgan fingerprint density at radius 3 is 1.95 bits per heavy atom. The fraction of sp³-hybridized carbons (Fsp3) is 0.167. The predicted octanol–water partition coefficient (Wildman–Crippen LogP) is 9.07. The van der Waals surface area contributed by atoms with E-state index in [-0.39, 0.29) is 0 Å². The van der Waals surface area contributed by atoms with Crippen molar-refractivity contribution in [1.82, 2.24) is 24.6 Å². The Hall–Kier alpha value is -4.90. The maximum atomic E-state index is 5.12. The molecule has 7 rings (SSSR count). The first-order valence-corrected chi connectivity index (χ1v) is 14.2. The van der Waals surface area contributed by atoms with Crippen LogP contribution < -0.4 is 0 Å². The first-order chi connectivity index (χ1) is 19.9. The molecule has 4 aromatic heterocycles. The fourth-order valence-electron chi connectivity index (χ4n) is 5.38. The summed E-state index contributed by atoms with van der Waals surface area (Å²) in [6.45, 7) is 8.72. The number of hydrogen-bond acceptors (Lipinski definition) is 4. The number of fused-ring (bicyclic) bond motifs is 4. The van der Waals surface area contributed by atoms with Gasteiger partial charge < -0.3 is 0 Å². The van der Waals surface area contributed by atoms with Gasteiger partial charge in [-0.1, -0.05) is 94.4 Å². The van der Waals surface area contributed by atoms with Crippen molar-refractivity contribution >= 4 is 27.5 Å². The molecule has 0 aliphatic carbocycles. The molecular weight excluding hydrogens is 502 g/mol. The van der Waals surface area contributed by atoms with Crippen molar-refractivity contribution in [2.75, 3.05) is 0 Å². The van der Waals surface area contributed by atoms with Crippen molar-refractivity contribution in [3.05, 3.63) is 115 Å². The van der Waals surface area contributed by atoms with Gasteiger partial charge in [0, 0.05) is 39.5 Å². The van der Waals surface area contributed by atoms with E-state index < -0.39 is 0 Å². The molecule has 0 bridgehead atoms. The standard InChI is InChI=1S/C36H31N5/c1-22(2)31-17-14-27-20-30(29-16-18-32(23(3)4)38-35(29)34(27)37-31)25-10-12-26(13-11-25)36-39-33-19-15-28(21-41(33)40-36)24-8-6-5-7-9-24/h5-23H,1-4H3. The Balaban J connectivity index is 1.30. The zero-order chi connectivity index (χ0) is 28.1. The summed E-state index contributed by atoms with van der Waals surface area (Å²) >= 11 is 0. The molecule has 4 heterocycles. The lowest BCUT2D eigenvalue weighted by Gasteiger charge is -2.14. The second-order valence-corrected chi connectivity index (χ2v) is 11.3. The minimum absolute atomic E-state index is 0.340. The van der Waals surface area contributed by atoms with Crippen LogP contribution in [0.1, 0.15) is 50.9 Å². The third kappa shape index (κ3) is 4.53. The smallest absolute Gasteiger partial charge is 0.182 e. The van der Waals surface area contributed by atoms with Gasteiger partial charge in [0.2, 0.25) is 0 Å². The first-order valence-electron chi connectivity index (χ1n) is 14.2. The number of benzene rings is 3. The van der Waals surface area contributed by atoms with Gasteiger partial charge in [0.25, 0.3) is 0 Å². The number of hydrogen-bond donors (Lipinski definition) is 0. The van der Waals surface area contributed by atoms with Gasteiger partial charge in [-0.2, -0.15) is 0 Å². The van der Waals surface area contributed by atoms with Crippen LogP contribution in [0.25, 0.3) is 61.1 Å². The van der Waals surface area contributed by atoms with Crippen LogP contribution in [0.5, 0.6) is 0 Å². The molecule has 41 heavy (non-hydrogen) atoms. The normalized spacial score (nSPS) is 11.9. The minimum Gasteiger partial charge on any atom is -0.250 e. The van der Waals surface area contributed by atoms with Crippen LogP contribution in [0, 0.1) is 0 Å². The van der Waals surface area contributed by atoms with Crippen molar-refractivity contribution in [1.29, 1.82) is 0 Å². The highest BCUT2D eigenvalue weighted by Crippen LogP contribution is 2.35. The average molecular weight is 534 g/mol. The van der Waals surface area contributed by atoms with E-state index in [0.29, 0.717) is 17.7 Å². The summed E-state index contributed by atoms with van der Waals surface area (Å²) in [5.41, 5.74) is 10.4. The second kappa shape index (κ2) is 9.93. The van der Waals surface area contributed by atoms with Crippen LogP contribution in [0.15, 0.2) is 103 Å². The fourth-order valence-corrected chi connectivity index (χ4v) is 5.38. The molecule has 3 aromatic carbocycles. The van der Waals surface area contributed by atoms with E-state index in [9.17, 15) is 0 Å². The van der Waals surface area contributed by atoms with E-state index in [0.717, 1.165) is 66.7 Å². The highest BCUT2D eigenvalue weighted by atomic mass is 15.3. The van der Waals surface area contributed by atoms with E-state index >= 15 is 0 Å². The first kappa shape index (κ1) is 25.1. The van der Waals surface area contributed by atoms with Crippen LogP contribution in [0.2, 0.25) is 0 Å². The molecular formula is C36H31N5. The molecule has 0 amide bonds. The molecule has 5 nitrogen and oxygen atoms in total. The van der Waals surface area contributed by atoms with Gasteiger partial charge in [0.1, 0.15) is 0 Å². The summed E-state index contributed by atoms with van der Waals surface area (Å²) in [4.78, 5) is 15.0. The highest BCUT2D eigenvalue weighted by molar-refractivity contribution is 6.10. The molecule has 0 N–H and O–H groups in total. The van der Waals surface area contributed by atoms with E-state index in [1.54, 1.807) is 0 Å². The summed E-state index contributed by atoms with van der Waals surface area (Å²) in [6, 6.07) is 33.9. The van der Waals surface area contributed by atoms with Crippen LogP contribution in [0.4, 0.5) is 0 Å². The lowest BCUT2D eigenvalue weighted by molar-refractivity contribution is 0.826. The Bertz CT molecular complexity index is 2040. The lowest BCUT2D eigenvalue weighted by Crippen LogP contribution is -1.98. The molecule has 0 radical (unpaired) electrons. The quantitative estimate of drug-likeness (QED) is 0.207. The molecule has 7 aromatic rings. The molecule has 0 fully saturated rings. The number of nitrogens with zero attached hydrogens (tertiary/aromatic N) is 5. The van der Waals surface area contributed by atoms with E-state index in [1.807, 2.05) is 35.0 Å². The molecule has 0 atom stereocenters. The minimum atomic E-state index is 0.340. The molecule has 0 aliphatic heterocycles. The maximum Gasteiger partial charge on any atom is 0.182 e. The number of rotatable bonds is 5. The van der Waals surface area contributed by atoms with Crippen molar-refractivity contribution in [2.45, 2.75) is 39.5 Å². The van der Waals surface area contributed by atoms with E-state index in [1.165, 1.54) is 0 Å². The summed E-state index contributed by atoms with van der Waals surface area (Å²) in [5, 5.41) is 7.01. The van der Waals surface area contributed by atoms with E-state index in [2.05, 4.69) is 100 Å². The Kier molecular flexibility index (Phi) is 6.08. The van der Waals surface area contributed by atoms with Gasteiger partial charge in [-0.3, -0.25) is 9.97 Å². The molecule has 0 spiro atoms. The SMILES string of the molecule is CC(C)c1ccc2cc(-c3ccc(-c4nc5ccc(-c6ccccc6)cn5n4)cc3)c3ccc(C(C)C)nc3c2n1. The van der Waals surface area contributed by atoms with Crippen molar-refractivity contribution in [3.63, 3.8) is 0 Å². The second-order valence-electron chi connectivity index (χ2n) is 11.3. The Morgan fingerprint density at radius 1 is 0.561 bits per heavy atom. The van der Waals surface area contributed by atoms with Crippen LogP contribution in [-0.2, 0) is 0 Å². The highest BCUT2D eigenvalue weighted by Gasteiger charge is 2.15. The van der Waals surface area contributed by atoms with Crippen LogP contribution >= 0.6 is 0 Å². The van der Waals surface area contributed by atoms with Crippen molar-refractivity contribution in [2.24, 2.45) is 0 Å². The number of pyridine rings is 3. The average Bonchev–Trinajstić information content (AvgIpc) is 3.44. The van der Waals surface area contributed by atoms with Crippen LogP contribution in [-0.4, -0.2) is 24.6 Å². The van der Waals surface area contributed by atoms with Gasteiger partial charge >= 0.3 is 0 Å². The molecule has 200 valence electrons. The molecule has 0 aliphatic rings. The molecule has 0 saturated carbocycles. The van der Waals surface area contributed by atoms with Crippen LogP contribution in [0.3, 0.4) is 0 Å². The Morgan fingerprint density at radius 2 is 1.22 bits per heavy atom. The summed E-state index contributed by atoms with van der Waals surface area (Å²) in [7, 11) is 0. The molecule has 0 saturated heterocycles. The topological polar surface area (TPSA) is 56.0 Å². The number of aromatic nitrogens is 5. The lowest BCUT2D eigenvalue weighted by atomic mass is 9.95. The van der Waals surface area contributed by atoms with Gasteiger partial charge in [0.15, 0.2) is 11.5 Å². The zero-order valence-electron chi connectivity index (χ0n) is 23.7. The molecule has 5 heteroatoms. The zero-order valence-corrected chi connectivity index (χ0v) is 23.7.